The molecule has 92 valence electrons. The molecular weight excluding hydrogens is 234 g/mol. The molecule has 2 aromatic rings. The van der Waals surface area contributed by atoms with Crippen LogP contribution in [0.3, 0.4) is 0 Å². The van der Waals surface area contributed by atoms with Crippen LogP contribution in [-0.2, 0) is 13.0 Å². The van der Waals surface area contributed by atoms with E-state index in [1.54, 1.807) is 6.20 Å². The van der Waals surface area contributed by atoms with Gasteiger partial charge in [0.25, 0.3) is 0 Å². The first-order valence-electron chi connectivity index (χ1n) is 5.62. The summed E-state index contributed by atoms with van der Waals surface area (Å²) in [6, 6.07) is 5.49. The van der Waals surface area contributed by atoms with Gasteiger partial charge in [-0.1, -0.05) is 6.07 Å². The lowest BCUT2D eigenvalue weighted by atomic mass is 10.2. The molecule has 0 unspecified atom stereocenters. The number of nitrogens with zero attached hydrogens (tertiary/aromatic N) is 3. The minimum atomic E-state index is -0.928. The highest BCUT2D eigenvalue weighted by Crippen LogP contribution is 2.24. The standard InChI is InChI=1S/C12H11N3O3/c16-12(17)15-6-4-10-9(7-15)14-11(18-10)8-3-1-2-5-13-8/h1-3,5H,4,6-7H2,(H,16,17). The Hall–Kier alpha value is -2.37. The molecule has 6 heteroatoms. The molecule has 1 aliphatic heterocycles. The number of carboxylic acid groups (broad SMARTS) is 1. The van der Waals surface area contributed by atoms with Gasteiger partial charge in [-0.05, 0) is 12.1 Å². The van der Waals surface area contributed by atoms with Crippen molar-refractivity contribution in [3.8, 4) is 11.6 Å². The predicted octanol–water partition coefficient (Wildman–Crippen LogP) is 1.77. The van der Waals surface area contributed by atoms with Crippen molar-refractivity contribution < 1.29 is 14.3 Å². The summed E-state index contributed by atoms with van der Waals surface area (Å²) in [7, 11) is 0. The van der Waals surface area contributed by atoms with Crippen LogP contribution in [-0.4, -0.2) is 32.6 Å². The van der Waals surface area contributed by atoms with Gasteiger partial charge < -0.3 is 14.4 Å². The second kappa shape index (κ2) is 4.14. The highest BCUT2D eigenvalue weighted by molar-refractivity contribution is 5.65. The number of hydrogen-bond acceptors (Lipinski definition) is 4. The SMILES string of the molecule is O=C(O)N1CCc2oc(-c3ccccn3)nc2C1. The van der Waals surface area contributed by atoms with E-state index >= 15 is 0 Å². The van der Waals surface area contributed by atoms with Gasteiger partial charge in [0.15, 0.2) is 0 Å². The van der Waals surface area contributed by atoms with Gasteiger partial charge in [-0.25, -0.2) is 9.78 Å². The summed E-state index contributed by atoms with van der Waals surface area (Å²) in [6.45, 7) is 0.722. The summed E-state index contributed by atoms with van der Waals surface area (Å²) >= 11 is 0. The fourth-order valence-corrected chi connectivity index (χ4v) is 1.96. The van der Waals surface area contributed by atoms with Gasteiger partial charge in [-0.15, -0.1) is 0 Å². The van der Waals surface area contributed by atoms with E-state index in [1.165, 1.54) is 4.90 Å². The van der Waals surface area contributed by atoms with Crippen LogP contribution in [0.1, 0.15) is 11.5 Å². The molecule has 0 aliphatic carbocycles. The Labute approximate surface area is 103 Å². The fourth-order valence-electron chi connectivity index (χ4n) is 1.96. The Morgan fingerprint density at radius 3 is 3.06 bits per heavy atom. The summed E-state index contributed by atoms with van der Waals surface area (Å²) in [6.07, 6.45) is 1.30. The summed E-state index contributed by atoms with van der Waals surface area (Å²) in [4.78, 5) is 20.7. The van der Waals surface area contributed by atoms with Gasteiger partial charge in [0, 0.05) is 19.2 Å². The first-order chi connectivity index (χ1) is 8.74. The molecule has 18 heavy (non-hydrogen) atoms. The molecule has 6 nitrogen and oxygen atoms in total. The number of fused-ring (bicyclic) bond motifs is 1. The molecule has 1 aliphatic rings. The Morgan fingerprint density at radius 2 is 2.33 bits per heavy atom. The Balaban J connectivity index is 1.92. The molecule has 0 spiro atoms. The van der Waals surface area contributed by atoms with E-state index in [0.717, 1.165) is 5.76 Å². The van der Waals surface area contributed by atoms with Crippen molar-refractivity contribution in [1.82, 2.24) is 14.9 Å². The molecule has 0 aromatic carbocycles. The molecule has 1 N–H and O–H groups in total. The van der Waals surface area contributed by atoms with Gasteiger partial charge in [0.1, 0.15) is 17.1 Å². The molecule has 0 bridgehead atoms. The van der Waals surface area contributed by atoms with Gasteiger partial charge in [0.2, 0.25) is 5.89 Å². The summed E-state index contributed by atoms with van der Waals surface area (Å²) in [5, 5.41) is 8.94. The van der Waals surface area contributed by atoms with E-state index in [-0.39, 0.29) is 6.54 Å². The molecular formula is C12H11N3O3. The summed E-state index contributed by atoms with van der Waals surface area (Å²) in [5.74, 6) is 1.21. The van der Waals surface area contributed by atoms with Crippen LogP contribution in [0, 0.1) is 0 Å². The molecule has 0 saturated heterocycles. The largest absolute Gasteiger partial charge is 0.465 e. The van der Waals surface area contributed by atoms with Crippen LogP contribution in [0.15, 0.2) is 28.8 Å². The lowest BCUT2D eigenvalue weighted by Crippen LogP contribution is -2.34. The molecule has 3 heterocycles. The maximum atomic E-state index is 10.9. The van der Waals surface area contributed by atoms with Crippen molar-refractivity contribution in [2.45, 2.75) is 13.0 Å². The topological polar surface area (TPSA) is 79.5 Å². The quantitative estimate of drug-likeness (QED) is 0.828. The van der Waals surface area contributed by atoms with Crippen molar-refractivity contribution >= 4 is 6.09 Å². The molecule has 2 aromatic heterocycles. The fraction of sp³-hybridized carbons (Fsp3) is 0.250. The van der Waals surface area contributed by atoms with Crippen LogP contribution < -0.4 is 0 Å². The van der Waals surface area contributed by atoms with E-state index in [2.05, 4.69) is 9.97 Å². The highest BCUT2D eigenvalue weighted by atomic mass is 16.4. The number of aromatic nitrogens is 2. The zero-order valence-corrected chi connectivity index (χ0v) is 9.54. The van der Waals surface area contributed by atoms with Crippen LogP contribution in [0.4, 0.5) is 4.79 Å². The molecule has 0 saturated carbocycles. The minimum Gasteiger partial charge on any atom is -0.465 e. The molecule has 3 rings (SSSR count). The number of carbonyl (C=O) groups is 1. The van der Waals surface area contributed by atoms with Gasteiger partial charge >= 0.3 is 6.09 Å². The maximum Gasteiger partial charge on any atom is 0.407 e. The van der Waals surface area contributed by atoms with Crippen molar-refractivity contribution in [3.63, 3.8) is 0 Å². The van der Waals surface area contributed by atoms with Crippen LogP contribution in [0.5, 0.6) is 0 Å². The van der Waals surface area contributed by atoms with Crippen LogP contribution in [0.25, 0.3) is 11.6 Å². The number of rotatable bonds is 1. The third-order valence-electron chi connectivity index (χ3n) is 2.88. The zero-order valence-electron chi connectivity index (χ0n) is 9.54. The van der Waals surface area contributed by atoms with Crippen LogP contribution >= 0.6 is 0 Å². The number of oxazole rings is 1. The first kappa shape index (κ1) is 10.8. The number of amides is 1. The van der Waals surface area contributed by atoms with Crippen molar-refractivity contribution in [2.24, 2.45) is 0 Å². The van der Waals surface area contributed by atoms with Crippen LogP contribution in [0.2, 0.25) is 0 Å². The van der Waals surface area contributed by atoms with Gasteiger partial charge in [-0.2, -0.15) is 0 Å². The number of pyridine rings is 1. The lowest BCUT2D eigenvalue weighted by molar-refractivity contribution is 0.137. The van der Waals surface area contributed by atoms with Crippen molar-refractivity contribution in [3.05, 3.63) is 35.9 Å². The molecule has 0 radical (unpaired) electrons. The van der Waals surface area contributed by atoms with E-state index in [0.29, 0.717) is 30.2 Å². The van der Waals surface area contributed by atoms with Crippen molar-refractivity contribution in [1.29, 1.82) is 0 Å². The second-order valence-electron chi connectivity index (χ2n) is 4.06. The Morgan fingerprint density at radius 1 is 1.44 bits per heavy atom. The average molecular weight is 245 g/mol. The molecule has 1 amide bonds. The van der Waals surface area contributed by atoms with E-state index in [1.807, 2.05) is 18.2 Å². The molecule has 0 fully saturated rings. The van der Waals surface area contributed by atoms with Crippen molar-refractivity contribution in [2.75, 3.05) is 6.54 Å². The van der Waals surface area contributed by atoms with Gasteiger partial charge in [0.05, 0.1) is 6.54 Å². The average Bonchev–Trinajstić information content (AvgIpc) is 2.82. The zero-order chi connectivity index (χ0) is 12.5. The lowest BCUT2D eigenvalue weighted by Gasteiger charge is -2.21. The number of hydrogen-bond donors (Lipinski definition) is 1. The first-order valence-corrected chi connectivity index (χ1v) is 5.62. The monoisotopic (exact) mass is 245 g/mol. The van der Waals surface area contributed by atoms with E-state index in [9.17, 15) is 4.79 Å². The predicted molar refractivity (Wildman–Crippen MR) is 61.9 cm³/mol. The third-order valence-corrected chi connectivity index (χ3v) is 2.88. The van der Waals surface area contributed by atoms with Gasteiger partial charge in [-0.3, -0.25) is 4.98 Å². The van der Waals surface area contributed by atoms with E-state index < -0.39 is 6.09 Å². The third kappa shape index (κ3) is 1.81. The highest BCUT2D eigenvalue weighted by Gasteiger charge is 2.25. The maximum absolute atomic E-state index is 10.9. The minimum absolute atomic E-state index is 0.279. The Bertz CT molecular complexity index is 580. The normalized spacial score (nSPS) is 14.3. The summed E-state index contributed by atoms with van der Waals surface area (Å²) in [5.41, 5.74) is 1.35. The van der Waals surface area contributed by atoms with E-state index in [4.69, 9.17) is 9.52 Å². The second-order valence-corrected chi connectivity index (χ2v) is 4.06. The Kier molecular flexibility index (Phi) is 2.47. The summed E-state index contributed by atoms with van der Waals surface area (Å²) < 4.78 is 5.63. The smallest absolute Gasteiger partial charge is 0.407 e. The molecule has 0 atom stereocenters.